The van der Waals surface area contributed by atoms with Crippen LogP contribution in [0.25, 0.3) is 0 Å². The summed E-state index contributed by atoms with van der Waals surface area (Å²) in [6.07, 6.45) is 6.60. The largest absolute Gasteiger partial charge is 0.445 e. The number of nitrogens with one attached hydrogen (secondary N) is 3. The van der Waals surface area contributed by atoms with Crippen LogP contribution in [-0.4, -0.2) is 72.3 Å². The molecule has 3 aromatic rings. The van der Waals surface area contributed by atoms with Gasteiger partial charge in [-0.15, -0.1) is 0 Å². The molecule has 0 bridgehead atoms. The van der Waals surface area contributed by atoms with Crippen LogP contribution in [0, 0.1) is 0 Å². The van der Waals surface area contributed by atoms with Crippen molar-refractivity contribution >= 4 is 29.8 Å². The lowest BCUT2D eigenvalue weighted by Gasteiger charge is -2.34. The SMILES string of the molecule is CC.CCc1c(NCC(C=O)NC(=O)OCc2ccccc2)ncnc1N1CCC(c2ccc3c(n2)NCCC3)CC1.COC(C)(C)C. The van der Waals surface area contributed by atoms with E-state index in [0.717, 1.165) is 74.5 Å². The smallest absolute Gasteiger partial charge is 0.408 e. The summed E-state index contributed by atoms with van der Waals surface area (Å²) in [6.45, 7) is 15.2. The van der Waals surface area contributed by atoms with Crippen molar-refractivity contribution in [1.82, 2.24) is 20.3 Å². The maximum Gasteiger partial charge on any atom is 0.408 e. The Balaban J connectivity index is 0.000000705. The van der Waals surface area contributed by atoms with E-state index < -0.39 is 12.1 Å². The number of carbonyl (C=O) groups is 2. The summed E-state index contributed by atoms with van der Waals surface area (Å²) in [6, 6.07) is 13.1. The molecule has 1 aromatic carbocycles. The highest BCUT2D eigenvalue weighted by molar-refractivity contribution is 5.73. The third kappa shape index (κ3) is 11.8. The number of aryl methyl sites for hydroxylation is 1. The molecule has 1 atom stereocenters. The Morgan fingerprint density at radius 2 is 1.81 bits per heavy atom. The van der Waals surface area contributed by atoms with Crippen LogP contribution in [0.4, 0.5) is 22.2 Å². The van der Waals surface area contributed by atoms with E-state index in [1.54, 1.807) is 13.4 Å². The molecule has 2 aliphatic heterocycles. The summed E-state index contributed by atoms with van der Waals surface area (Å²) in [5, 5.41) is 9.30. The van der Waals surface area contributed by atoms with E-state index in [1.165, 1.54) is 11.3 Å². The Morgan fingerprint density at radius 1 is 1.10 bits per heavy atom. The highest BCUT2D eigenvalue weighted by atomic mass is 16.5. The van der Waals surface area contributed by atoms with Gasteiger partial charge in [0.05, 0.1) is 5.60 Å². The van der Waals surface area contributed by atoms with Crippen molar-refractivity contribution < 1.29 is 19.1 Å². The molecule has 48 heavy (non-hydrogen) atoms. The summed E-state index contributed by atoms with van der Waals surface area (Å²) < 4.78 is 10.2. The number of piperidine rings is 1. The van der Waals surface area contributed by atoms with Crippen LogP contribution in [0.5, 0.6) is 0 Å². The zero-order chi connectivity index (χ0) is 34.9. The van der Waals surface area contributed by atoms with E-state index >= 15 is 0 Å². The third-order valence-corrected chi connectivity index (χ3v) is 8.19. The number of benzene rings is 1. The van der Waals surface area contributed by atoms with Gasteiger partial charge in [0, 0.05) is 50.5 Å². The molecule has 4 heterocycles. The Kier molecular flexibility index (Phi) is 15.6. The lowest BCUT2D eigenvalue weighted by atomic mass is 9.92. The molecule has 1 amide bonds. The molecular weight excluding hydrogens is 606 g/mol. The first-order valence-corrected chi connectivity index (χ1v) is 17.2. The minimum absolute atomic E-state index is 0.0417. The van der Waals surface area contributed by atoms with Crippen LogP contribution in [0.2, 0.25) is 0 Å². The van der Waals surface area contributed by atoms with Gasteiger partial charge in [0.2, 0.25) is 0 Å². The van der Waals surface area contributed by atoms with Crippen LogP contribution < -0.4 is 20.9 Å². The van der Waals surface area contributed by atoms with Crippen molar-refractivity contribution in [2.24, 2.45) is 0 Å². The second kappa shape index (κ2) is 19.5. The molecule has 3 N–H and O–H groups in total. The number of amides is 1. The predicted molar refractivity (Wildman–Crippen MR) is 193 cm³/mol. The summed E-state index contributed by atoms with van der Waals surface area (Å²) in [4.78, 5) is 40.2. The summed E-state index contributed by atoms with van der Waals surface area (Å²) in [7, 11) is 1.71. The van der Waals surface area contributed by atoms with Crippen LogP contribution in [0.3, 0.4) is 0 Å². The lowest BCUT2D eigenvalue weighted by molar-refractivity contribution is -0.109. The average Bonchev–Trinajstić information content (AvgIpc) is 3.13. The number of ether oxygens (including phenoxy) is 2. The number of aromatic nitrogens is 3. The number of alkyl carbamates (subject to hydrolysis) is 1. The van der Waals surface area contributed by atoms with Crippen LogP contribution in [0.15, 0.2) is 48.8 Å². The summed E-state index contributed by atoms with van der Waals surface area (Å²) in [5.41, 5.74) is 4.40. The standard InChI is InChI=1S/C30H37N7O3.C5H12O.C2H6/c1-2-25-28(32-17-24(18-38)35-30(39)40-19-21-7-4-3-5-8-21)33-20-34-29(25)37-15-12-22(13-16-37)26-11-10-23-9-6-14-31-27(23)36-26;1-5(2,3)6-4;1-2/h3-5,7-8,10-11,18,20,22,24H,2,6,9,12-17,19H2,1H3,(H,31,36)(H,35,39)(H,32,33,34);1-4H3;1-2H3. The van der Waals surface area contributed by atoms with Crippen molar-refractivity contribution in [3.05, 3.63) is 71.2 Å². The number of aldehydes is 1. The van der Waals surface area contributed by atoms with Gasteiger partial charge in [-0.1, -0.05) is 57.2 Å². The molecule has 1 unspecified atom stereocenters. The number of anilines is 3. The molecule has 262 valence electrons. The van der Waals surface area contributed by atoms with Gasteiger partial charge < -0.3 is 35.1 Å². The number of carbonyl (C=O) groups excluding carboxylic acids is 2. The van der Waals surface area contributed by atoms with Gasteiger partial charge in [-0.2, -0.15) is 0 Å². The maximum absolute atomic E-state index is 12.2. The van der Waals surface area contributed by atoms with Gasteiger partial charge in [-0.05, 0) is 70.1 Å². The van der Waals surface area contributed by atoms with Crippen molar-refractivity contribution in [2.75, 3.05) is 48.8 Å². The van der Waals surface area contributed by atoms with Gasteiger partial charge in [-0.25, -0.2) is 19.7 Å². The molecule has 1 fully saturated rings. The van der Waals surface area contributed by atoms with Crippen molar-refractivity contribution in [3.8, 4) is 0 Å². The van der Waals surface area contributed by atoms with E-state index in [0.29, 0.717) is 18.0 Å². The van der Waals surface area contributed by atoms with Gasteiger partial charge in [-0.3, -0.25) is 0 Å². The Morgan fingerprint density at radius 3 is 2.46 bits per heavy atom. The predicted octanol–water partition coefficient (Wildman–Crippen LogP) is 6.54. The molecule has 11 nitrogen and oxygen atoms in total. The van der Waals surface area contributed by atoms with Crippen molar-refractivity contribution in [1.29, 1.82) is 0 Å². The Hall–Kier alpha value is -4.25. The second-order valence-corrected chi connectivity index (χ2v) is 12.6. The Labute approximate surface area is 286 Å². The Bertz CT molecular complexity index is 1410. The number of pyridine rings is 1. The van der Waals surface area contributed by atoms with E-state index in [4.69, 9.17) is 14.5 Å². The summed E-state index contributed by atoms with van der Waals surface area (Å²) in [5.74, 6) is 3.06. The van der Waals surface area contributed by atoms with Crippen molar-refractivity contribution in [2.45, 2.75) is 97.8 Å². The zero-order valence-electron chi connectivity index (χ0n) is 29.8. The number of hydrogen-bond donors (Lipinski definition) is 3. The first-order valence-electron chi connectivity index (χ1n) is 17.2. The molecule has 0 saturated carbocycles. The molecule has 0 spiro atoms. The van der Waals surface area contributed by atoms with Gasteiger partial charge in [0.25, 0.3) is 0 Å². The fourth-order valence-electron chi connectivity index (χ4n) is 5.37. The minimum Gasteiger partial charge on any atom is -0.445 e. The third-order valence-electron chi connectivity index (χ3n) is 8.19. The monoisotopic (exact) mass is 661 g/mol. The van der Waals surface area contributed by atoms with E-state index in [1.807, 2.05) is 65.0 Å². The van der Waals surface area contributed by atoms with E-state index in [-0.39, 0.29) is 18.8 Å². The quantitative estimate of drug-likeness (QED) is 0.206. The van der Waals surface area contributed by atoms with Crippen LogP contribution >= 0.6 is 0 Å². The average molecular weight is 662 g/mol. The number of methoxy groups -OCH3 is 1. The van der Waals surface area contributed by atoms with Gasteiger partial charge in [0.1, 0.15) is 42.7 Å². The zero-order valence-corrected chi connectivity index (χ0v) is 29.8. The molecule has 0 radical (unpaired) electrons. The first kappa shape index (κ1) is 38.2. The molecule has 11 heteroatoms. The van der Waals surface area contributed by atoms with Crippen molar-refractivity contribution in [3.63, 3.8) is 0 Å². The second-order valence-electron chi connectivity index (χ2n) is 12.6. The van der Waals surface area contributed by atoms with Gasteiger partial charge in [0.15, 0.2) is 0 Å². The number of fused-ring (bicyclic) bond motifs is 1. The molecule has 5 rings (SSSR count). The molecular formula is C37H55N7O4. The lowest BCUT2D eigenvalue weighted by Crippen LogP contribution is -2.41. The summed E-state index contributed by atoms with van der Waals surface area (Å²) >= 11 is 0. The number of rotatable bonds is 10. The number of nitrogens with zero attached hydrogens (tertiary/aromatic N) is 4. The fourth-order valence-corrected chi connectivity index (χ4v) is 5.37. The molecule has 2 aliphatic rings. The fraction of sp³-hybridized carbons (Fsp3) is 0.541. The van der Waals surface area contributed by atoms with Gasteiger partial charge >= 0.3 is 6.09 Å². The van der Waals surface area contributed by atoms with Crippen LogP contribution in [0.1, 0.15) is 89.1 Å². The normalized spacial score (nSPS) is 14.9. The minimum atomic E-state index is -0.763. The molecule has 0 aliphatic carbocycles. The van der Waals surface area contributed by atoms with E-state index in [9.17, 15) is 9.59 Å². The van der Waals surface area contributed by atoms with E-state index in [2.05, 4.69) is 49.9 Å². The highest BCUT2D eigenvalue weighted by Gasteiger charge is 2.26. The number of hydrogen-bond acceptors (Lipinski definition) is 10. The highest BCUT2D eigenvalue weighted by Crippen LogP contribution is 2.33. The first-order chi connectivity index (χ1) is 23.2. The topological polar surface area (TPSA) is 131 Å². The molecule has 2 aromatic heterocycles. The van der Waals surface area contributed by atoms with Crippen LogP contribution in [-0.2, 0) is 33.7 Å². The maximum atomic E-state index is 12.2. The molecule has 1 saturated heterocycles.